The molecule has 1 N–H and O–H groups in total. The second-order valence-electron chi connectivity index (χ2n) is 4.64. The predicted octanol–water partition coefficient (Wildman–Crippen LogP) is 1.62. The van der Waals surface area contributed by atoms with Gasteiger partial charge < -0.3 is 5.32 Å². The van der Waals surface area contributed by atoms with Crippen LogP contribution in [0.15, 0.2) is 24.3 Å². The van der Waals surface area contributed by atoms with Gasteiger partial charge in [-0.05, 0) is 30.5 Å². The van der Waals surface area contributed by atoms with Crippen LogP contribution < -0.4 is 5.32 Å². The van der Waals surface area contributed by atoms with Crippen molar-refractivity contribution in [2.45, 2.75) is 19.8 Å². The highest BCUT2D eigenvalue weighted by atomic mass is 32.2. The Kier molecular flexibility index (Phi) is 3.71. The van der Waals surface area contributed by atoms with Crippen molar-refractivity contribution < 1.29 is 13.2 Å². The molecule has 0 spiro atoms. The van der Waals surface area contributed by atoms with Crippen molar-refractivity contribution in [2.75, 3.05) is 16.8 Å². The van der Waals surface area contributed by atoms with Crippen molar-refractivity contribution in [2.24, 2.45) is 5.92 Å². The third-order valence-corrected chi connectivity index (χ3v) is 5.00. The van der Waals surface area contributed by atoms with Crippen LogP contribution in [0.5, 0.6) is 0 Å². The number of sulfone groups is 1. The molecule has 0 aromatic heterocycles. The molecule has 1 heterocycles. The minimum Gasteiger partial charge on any atom is -0.326 e. The van der Waals surface area contributed by atoms with Gasteiger partial charge in [-0.1, -0.05) is 19.1 Å². The van der Waals surface area contributed by atoms with E-state index in [4.69, 9.17) is 0 Å². The van der Waals surface area contributed by atoms with Crippen molar-refractivity contribution in [3.05, 3.63) is 29.8 Å². The number of benzene rings is 1. The van der Waals surface area contributed by atoms with Crippen LogP contribution in [0.25, 0.3) is 0 Å². The number of anilines is 1. The number of hydrogen-bond donors (Lipinski definition) is 1. The highest BCUT2D eigenvalue weighted by Gasteiger charge is 2.32. The molecule has 5 heteroatoms. The summed E-state index contributed by atoms with van der Waals surface area (Å²) in [7, 11) is -3.00. The smallest absolute Gasteiger partial charge is 0.228 e. The summed E-state index contributed by atoms with van der Waals surface area (Å²) in [5.41, 5.74) is 1.93. The zero-order valence-electron chi connectivity index (χ0n) is 10.3. The van der Waals surface area contributed by atoms with Gasteiger partial charge >= 0.3 is 0 Å². The fourth-order valence-electron chi connectivity index (χ4n) is 2.07. The van der Waals surface area contributed by atoms with E-state index in [0.29, 0.717) is 6.42 Å². The van der Waals surface area contributed by atoms with Gasteiger partial charge in [-0.2, -0.15) is 0 Å². The zero-order valence-corrected chi connectivity index (χ0v) is 11.2. The Balaban J connectivity index is 1.99. The summed E-state index contributed by atoms with van der Waals surface area (Å²) in [6.45, 7) is 2.07. The molecule has 0 saturated carbocycles. The molecular formula is C13H17NO3S. The summed E-state index contributed by atoms with van der Waals surface area (Å²) in [6.07, 6.45) is 1.39. The topological polar surface area (TPSA) is 63.2 Å². The fraction of sp³-hybridized carbons (Fsp3) is 0.462. The van der Waals surface area contributed by atoms with Gasteiger partial charge in [-0.3, -0.25) is 4.79 Å². The summed E-state index contributed by atoms with van der Waals surface area (Å²) < 4.78 is 22.6. The van der Waals surface area contributed by atoms with Crippen molar-refractivity contribution in [3.63, 3.8) is 0 Å². The van der Waals surface area contributed by atoms with Crippen LogP contribution in [0, 0.1) is 5.92 Å². The zero-order chi connectivity index (χ0) is 13.2. The van der Waals surface area contributed by atoms with Crippen LogP contribution in [0.2, 0.25) is 0 Å². The normalized spacial score (nSPS) is 21.7. The molecule has 1 aliphatic rings. The molecule has 1 aromatic rings. The van der Waals surface area contributed by atoms with Crippen LogP contribution >= 0.6 is 0 Å². The van der Waals surface area contributed by atoms with Crippen LogP contribution in [0.1, 0.15) is 18.9 Å². The lowest BCUT2D eigenvalue weighted by Gasteiger charge is -2.09. The fourth-order valence-corrected chi connectivity index (χ4v) is 3.81. The lowest BCUT2D eigenvalue weighted by molar-refractivity contribution is -0.119. The van der Waals surface area contributed by atoms with Gasteiger partial charge in [0, 0.05) is 5.69 Å². The lowest BCUT2D eigenvalue weighted by atomic mass is 10.1. The second kappa shape index (κ2) is 5.10. The molecule has 1 aromatic carbocycles. The van der Waals surface area contributed by atoms with E-state index >= 15 is 0 Å². The molecule has 0 bridgehead atoms. The first-order valence-electron chi connectivity index (χ1n) is 6.10. The summed E-state index contributed by atoms with van der Waals surface area (Å²) >= 11 is 0. The number of rotatable bonds is 3. The van der Waals surface area contributed by atoms with E-state index in [0.717, 1.165) is 12.1 Å². The molecule has 0 aliphatic carbocycles. The number of hydrogen-bond acceptors (Lipinski definition) is 3. The van der Waals surface area contributed by atoms with Gasteiger partial charge in [0.25, 0.3) is 0 Å². The summed E-state index contributed by atoms with van der Waals surface area (Å²) in [6, 6.07) is 7.61. The minimum atomic E-state index is -3.00. The molecule has 1 atom stereocenters. The Morgan fingerprint density at radius 2 is 2.00 bits per heavy atom. The first kappa shape index (κ1) is 13.1. The standard InChI is InChI=1S/C13H17NO3S/c1-2-10-3-5-12(6-4-10)14-13(15)11-7-8-18(16,17)9-11/h3-6,11H,2,7-9H2,1H3,(H,14,15). The van der Waals surface area contributed by atoms with E-state index < -0.39 is 15.8 Å². The molecule has 1 aliphatic heterocycles. The maximum absolute atomic E-state index is 11.9. The number of amides is 1. The Bertz CT molecular complexity index is 534. The quantitative estimate of drug-likeness (QED) is 0.905. The van der Waals surface area contributed by atoms with E-state index in [-0.39, 0.29) is 17.4 Å². The van der Waals surface area contributed by atoms with Crippen LogP contribution in [0.3, 0.4) is 0 Å². The van der Waals surface area contributed by atoms with E-state index in [9.17, 15) is 13.2 Å². The van der Waals surface area contributed by atoms with Gasteiger partial charge in [0.15, 0.2) is 9.84 Å². The molecule has 18 heavy (non-hydrogen) atoms. The van der Waals surface area contributed by atoms with Gasteiger partial charge in [-0.25, -0.2) is 8.42 Å². The predicted molar refractivity (Wildman–Crippen MR) is 71.2 cm³/mol. The average molecular weight is 267 g/mol. The SMILES string of the molecule is CCc1ccc(NC(=O)C2CCS(=O)(=O)C2)cc1. The Hall–Kier alpha value is -1.36. The summed E-state index contributed by atoms with van der Waals surface area (Å²) in [5.74, 6) is -0.493. The number of carbonyl (C=O) groups is 1. The van der Waals surface area contributed by atoms with E-state index in [1.807, 2.05) is 24.3 Å². The van der Waals surface area contributed by atoms with Crippen molar-refractivity contribution in [1.82, 2.24) is 0 Å². The first-order valence-corrected chi connectivity index (χ1v) is 7.92. The largest absolute Gasteiger partial charge is 0.326 e. The Morgan fingerprint density at radius 1 is 1.33 bits per heavy atom. The monoisotopic (exact) mass is 267 g/mol. The number of carbonyl (C=O) groups excluding carboxylic acids is 1. The molecule has 1 fully saturated rings. The molecular weight excluding hydrogens is 250 g/mol. The highest BCUT2D eigenvalue weighted by molar-refractivity contribution is 7.91. The molecule has 0 radical (unpaired) electrons. The van der Waals surface area contributed by atoms with E-state index in [1.54, 1.807) is 0 Å². The first-order chi connectivity index (χ1) is 8.50. The maximum Gasteiger partial charge on any atom is 0.228 e. The Morgan fingerprint density at radius 3 is 2.50 bits per heavy atom. The third kappa shape index (κ3) is 3.10. The third-order valence-electron chi connectivity index (χ3n) is 3.23. The lowest BCUT2D eigenvalue weighted by Crippen LogP contribution is -2.23. The van der Waals surface area contributed by atoms with Crippen molar-refractivity contribution in [1.29, 1.82) is 0 Å². The number of aryl methyl sites for hydroxylation is 1. The number of nitrogens with one attached hydrogen (secondary N) is 1. The van der Waals surface area contributed by atoms with Gasteiger partial charge in [-0.15, -0.1) is 0 Å². The maximum atomic E-state index is 11.9. The van der Waals surface area contributed by atoms with Gasteiger partial charge in [0.1, 0.15) is 0 Å². The molecule has 2 rings (SSSR count). The summed E-state index contributed by atoms with van der Waals surface area (Å²) in [5, 5.41) is 2.77. The highest BCUT2D eigenvalue weighted by Crippen LogP contribution is 2.20. The van der Waals surface area contributed by atoms with Crippen LogP contribution in [0.4, 0.5) is 5.69 Å². The van der Waals surface area contributed by atoms with Crippen molar-refractivity contribution in [3.8, 4) is 0 Å². The average Bonchev–Trinajstić information content (AvgIpc) is 2.71. The van der Waals surface area contributed by atoms with Gasteiger partial charge in [0.05, 0.1) is 17.4 Å². The molecule has 1 saturated heterocycles. The molecule has 1 unspecified atom stereocenters. The van der Waals surface area contributed by atoms with Crippen molar-refractivity contribution >= 4 is 21.4 Å². The molecule has 98 valence electrons. The molecule has 4 nitrogen and oxygen atoms in total. The minimum absolute atomic E-state index is 0.0219. The van der Waals surface area contributed by atoms with E-state index in [2.05, 4.69) is 12.2 Å². The van der Waals surface area contributed by atoms with E-state index in [1.165, 1.54) is 5.56 Å². The summed E-state index contributed by atoms with van der Waals surface area (Å²) in [4.78, 5) is 11.9. The molecule has 1 amide bonds. The van der Waals surface area contributed by atoms with Crippen LogP contribution in [-0.2, 0) is 21.1 Å². The Labute approximate surface area is 107 Å². The van der Waals surface area contributed by atoms with Crippen LogP contribution in [-0.4, -0.2) is 25.8 Å². The van der Waals surface area contributed by atoms with Gasteiger partial charge in [0.2, 0.25) is 5.91 Å². The second-order valence-corrected chi connectivity index (χ2v) is 6.87.